The summed E-state index contributed by atoms with van der Waals surface area (Å²) in [7, 11) is -4.58. The number of carbonyl (C=O) groups excluding carboxylic acids is 2. The standard InChI is InChI=1S/C31H35ClF3N3O4S/c1-4-22(3)36-30(40)27(5-2)37(19-18-23-12-8-6-9-13-23)29(39)21-38(43(41,42)25-14-10-7-11-15-25)28-20-24(31(33,34)35)16-17-26(28)32/h6-17,20,22,27H,4-5,18-19,21H2,1-3H3,(H,36,40). The summed E-state index contributed by atoms with van der Waals surface area (Å²) in [6.07, 6.45) is -3.57. The van der Waals surface area contributed by atoms with E-state index < -0.39 is 51.9 Å². The second-order valence-electron chi connectivity index (χ2n) is 10.1. The van der Waals surface area contributed by atoms with Gasteiger partial charge in [0.15, 0.2) is 0 Å². The van der Waals surface area contributed by atoms with Crippen molar-refractivity contribution in [2.45, 2.75) is 63.2 Å². The molecule has 3 rings (SSSR count). The number of nitrogens with zero attached hydrogens (tertiary/aromatic N) is 2. The van der Waals surface area contributed by atoms with Gasteiger partial charge in [0.05, 0.1) is 21.2 Å². The molecule has 0 fully saturated rings. The molecule has 0 aromatic heterocycles. The normalized spacial score (nSPS) is 13.2. The number of hydrogen-bond acceptors (Lipinski definition) is 4. The topological polar surface area (TPSA) is 86.8 Å². The van der Waals surface area contributed by atoms with Crippen LogP contribution in [0.5, 0.6) is 0 Å². The fourth-order valence-corrected chi connectivity index (χ4v) is 6.17. The van der Waals surface area contributed by atoms with E-state index in [-0.39, 0.29) is 28.9 Å². The van der Waals surface area contributed by atoms with Crippen LogP contribution >= 0.6 is 11.6 Å². The lowest BCUT2D eigenvalue weighted by atomic mass is 10.1. The van der Waals surface area contributed by atoms with E-state index in [0.717, 1.165) is 17.7 Å². The highest BCUT2D eigenvalue weighted by atomic mass is 35.5. The Hall–Kier alpha value is -3.57. The van der Waals surface area contributed by atoms with Gasteiger partial charge in [-0.1, -0.05) is 74.0 Å². The van der Waals surface area contributed by atoms with E-state index >= 15 is 0 Å². The minimum atomic E-state index is -4.80. The number of nitrogens with one attached hydrogen (secondary N) is 1. The first kappa shape index (κ1) is 33.9. The number of halogens is 4. The summed E-state index contributed by atoms with van der Waals surface area (Å²) >= 11 is 6.29. The van der Waals surface area contributed by atoms with Gasteiger partial charge in [-0.05, 0) is 62.1 Å². The zero-order valence-corrected chi connectivity index (χ0v) is 25.7. The fraction of sp³-hybridized carbons (Fsp3) is 0.355. The Labute approximate surface area is 255 Å². The molecule has 3 aromatic rings. The van der Waals surface area contributed by atoms with E-state index in [1.807, 2.05) is 44.2 Å². The molecular formula is C31H35ClF3N3O4S. The number of benzene rings is 3. The van der Waals surface area contributed by atoms with Crippen LogP contribution in [0.3, 0.4) is 0 Å². The molecule has 0 bridgehead atoms. The highest BCUT2D eigenvalue weighted by Crippen LogP contribution is 2.37. The van der Waals surface area contributed by atoms with Crippen molar-refractivity contribution in [3.05, 3.63) is 95.0 Å². The van der Waals surface area contributed by atoms with Crippen molar-refractivity contribution in [2.75, 3.05) is 17.4 Å². The predicted molar refractivity (Wildman–Crippen MR) is 161 cm³/mol. The van der Waals surface area contributed by atoms with Gasteiger partial charge in [-0.3, -0.25) is 13.9 Å². The lowest BCUT2D eigenvalue weighted by Crippen LogP contribution is -2.54. The monoisotopic (exact) mass is 637 g/mol. The molecule has 0 heterocycles. The third-order valence-electron chi connectivity index (χ3n) is 7.02. The third kappa shape index (κ3) is 8.73. The molecule has 7 nitrogen and oxygen atoms in total. The Morgan fingerprint density at radius 1 is 0.930 bits per heavy atom. The maximum absolute atomic E-state index is 14.1. The van der Waals surface area contributed by atoms with Gasteiger partial charge in [0.25, 0.3) is 10.0 Å². The number of sulfonamides is 1. The van der Waals surface area contributed by atoms with Gasteiger partial charge in [0.2, 0.25) is 11.8 Å². The third-order valence-corrected chi connectivity index (χ3v) is 9.12. The zero-order chi connectivity index (χ0) is 31.8. The molecule has 43 heavy (non-hydrogen) atoms. The van der Waals surface area contributed by atoms with E-state index in [0.29, 0.717) is 23.2 Å². The molecule has 0 spiro atoms. The summed E-state index contributed by atoms with van der Waals surface area (Å²) < 4.78 is 69.4. The van der Waals surface area contributed by atoms with Crippen molar-refractivity contribution in [3.63, 3.8) is 0 Å². The maximum atomic E-state index is 14.1. The van der Waals surface area contributed by atoms with Gasteiger partial charge in [0, 0.05) is 12.6 Å². The Morgan fingerprint density at radius 3 is 2.09 bits per heavy atom. The fourth-order valence-electron chi connectivity index (χ4n) is 4.45. The molecule has 0 radical (unpaired) electrons. The van der Waals surface area contributed by atoms with Crippen molar-refractivity contribution in [1.82, 2.24) is 10.2 Å². The van der Waals surface area contributed by atoms with Gasteiger partial charge >= 0.3 is 6.18 Å². The predicted octanol–water partition coefficient (Wildman–Crippen LogP) is 6.32. The van der Waals surface area contributed by atoms with Gasteiger partial charge in [-0.25, -0.2) is 8.42 Å². The van der Waals surface area contributed by atoms with Crippen LogP contribution in [0.2, 0.25) is 5.02 Å². The summed E-state index contributed by atoms with van der Waals surface area (Å²) in [5.41, 5.74) is -0.756. The molecule has 0 aliphatic rings. The summed E-state index contributed by atoms with van der Waals surface area (Å²) in [5, 5.41) is 2.58. The van der Waals surface area contributed by atoms with E-state index in [4.69, 9.17) is 11.6 Å². The maximum Gasteiger partial charge on any atom is 0.416 e. The van der Waals surface area contributed by atoms with Crippen LogP contribution in [0.4, 0.5) is 18.9 Å². The number of rotatable bonds is 13. The highest BCUT2D eigenvalue weighted by Gasteiger charge is 2.37. The van der Waals surface area contributed by atoms with E-state index in [1.54, 1.807) is 13.0 Å². The van der Waals surface area contributed by atoms with Gasteiger partial charge < -0.3 is 10.2 Å². The number of hydrogen-bond donors (Lipinski definition) is 1. The quantitative estimate of drug-likeness (QED) is 0.238. The molecular weight excluding hydrogens is 603 g/mol. The highest BCUT2D eigenvalue weighted by molar-refractivity contribution is 7.92. The summed E-state index contributed by atoms with van der Waals surface area (Å²) in [6.45, 7) is 4.62. The minimum absolute atomic E-state index is 0.0603. The zero-order valence-electron chi connectivity index (χ0n) is 24.1. The van der Waals surface area contributed by atoms with Crippen molar-refractivity contribution in [1.29, 1.82) is 0 Å². The number of carbonyl (C=O) groups is 2. The molecule has 2 unspecified atom stereocenters. The van der Waals surface area contributed by atoms with E-state index in [1.165, 1.54) is 29.2 Å². The van der Waals surface area contributed by atoms with E-state index in [9.17, 15) is 31.2 Å². The SMILES string of the molecule is CCC(C)NC(=O)C(CC)N(CCc1ccccc1)C(=O)CN(c1cc(C(F)(F)F)ccc1Cl)S(=O)(=O)c1ccccc1. The number of alkyl halides is 3. The first-order chi connectivity index (χ1) is 20.3. The molecule has 1 N–H and O–H groups in total. The smallest absolute Gasteiger partial charge is 0.352 e. The Morgan fingerprint density at radius 2 is 1.53 bits per heavy atom. The Kier molecular flexibility index (Phi) is 11.6. The van der Waals surface area contributed by atoms with Crippen LogP contribution in [0.1, 0.15) is 44.7 Å². The van der Waals surface area contributed by atoms with Crippen molar-refractivity contribution >= 4 is 39.1 Å². The van der Waals surface area contributed by atoms with Crippen LogP contribution < -0.4 is 9.62 Å². The summed E-state index contributed by atoms with van der Waals surface area (Å²) in [5.74, 6) is -1.18. The number of anilines is 1. The summed E-state index contributed by atoms with van der Waals surface area (Å²) in [4.78, 5) is 28.4. The minimum Gasteiger partial charge on any atom is -0.352 e. The average Bonchev–Trinajstić information content (AvgIpc) is 2.98. The van der Waals surface area contributed by atoms with Crippen LogP contribution in [0.15, 0.2) is 83.8 Å². The van der Waals surface area contributed by atoms with Crippen molar-refractivity contribution in [3.8, 4) is 0 Å². The van der Waals surface area contributed by atoms with Crippen LogP contribution in [0, 0.1) is 0 Å². The first-order valence-corrected chi connectivity index (χ1v) is 15.7. The second-order valence-corrected chi connectivity index (χ2v) is 12.3. The Bertz CT molecular complexity index is 1490. The molecule has 2 atom stereocenters. The molecule has 3 aromatic carbocycles. The molecule has 0 aliphatic heterocycles. The molecule has 0 saturated carbocycles. The van der Waals surface area contributed by atoms with E-state index in [2.05, 4.69) is 5.32 Å². The van der Waals surface area contributed by atoms with Crippen LogP contribution in [0.25, 0.3) is 0 Å². The lowest BCUT2D eigenvalue weighted by Gasteiger charge is -2.34. The first-order valence-electron chi connectivity index (χ1n) is 13.9. The molecule has 232 valence electrons. The Balaban J connectivity index is 2.10. The lowest BCUT2D eigenvalue weighted by molar-refractivity contribution is -0.139. The number of amides is 2. The van der Waals surface area contributed by atoms with Gasteiger partial charge in [-0.2, -0.15) is 13.2 Å². The van der Waals surface area contributed by atoms with Crippen LogP contribution in [-0.2, 0) is 32.2 Å². The van der Waals surface area contributed by atoms with Gasteiger partial charge in [-0.15, -0.1) is 0 Å². The second kappa shape index (κ2) is 14.7. The molecule has 0 saturated heterocycles. The molecule has 2 amide bonds. The van der Waals surface area contributed by atoms with Gasteiger partial charge in [0.1, 0.15) is 12.6 Å². The average molecular weight is 638 g/mol. The van der Waals surface area contributed by atoms with Crippen molar-refractivity contribution < 1.29 is 31.2 Å². The summed E-state index contributed by atoms with van der Waals surface area (Å²) in [6, 6.07) is 17.4. The van der Waals surface area contributed by atoms with Crippen LogP contribution in [-0.4, -0.2) is 50.3 Å². The molecule has 12 heteroatoms. The largest absolute Gasteiger partial charge is 0.416 e. The molecule has 0 aliphatic carbocycles. The van der Waals surface area contributed by atoms with Crippen molar-refractivity contribution in [2.24, 2.45) is 0 Å².